The first-order chi connectivity index (χ1) is 17.4. The second kappa shape index (κ2) is 13.6. The molecule has 2 amide bonds. The van der Waals surface area contributed by atoms with Gasteiger partial charge in [-0.3, -0.25) is 9.59 Å². The second-order valence-corrected chi connectivity index (χ2v) is 8.95. The molecule has 0 heterocycles. The van der Waals surface area contributed by atoms with Crippen LogP contribution < -0.4 is 25.0 Å². The topological polar surface area (TPSA) is 98.3 Å². The largest absolute Gasteiger partial charge is 0.490 e. The van der Waals surface area contributed by atoms with Gasteiger partial charge in [0.25, 0.3) is 11.8 Å². The van der Waals surface area contributed by atoms with Crippen molar-refractivity contribution in [3.63, 3.8) is 0 Å². The molecule has 0 fully saturated rings. The Hall–Kier alpha value is -3.37. The zero-order chi connectivity index (χ0) is 25.9. The average molecular weight is 619 g/mol. The van der Waals surface area contributed by atoms with Gasteiger partial charge in [0.05, 0.1) is 28.4 Å². The predicted octanol–water partition coefficient (Wildman–Crippen LogP) is 5.79. The molecule has 0 bridgehead atoms. The summed E-state index contributed by atoms with van der Waals surface area (Å²) in [7, 11) is 0. The third-order valence-electron chi connectivity index (χ3n) is 4.61. The number of hydrogen-bond donors (Lipinski definition) is 2. The van der Waals surface area contributed by atoms with Crippen LogP contribution in [0.2, 0.25) is 0 Å². The van der Waals surface area contributed by atoms with E-state index in [0.29, 0.717) is 56.2 Å². The van der Waals surface area contributed by atoms with Gasteiger partial charge in [0.15, 0.2) is 18.1 Å². The van der Waals surface area contributed by atoms with Crippen LogP contribution in [-0.4, -0.2) is 37.8 Å². The normalized spacial score (nSPS) is 10.7. The molecule has 0 saturated heterocycles. The fourth-order valence-corrected chi connectivity index (χ4v) is 4.52. The van der Waals surface area contributed by atoms with Gasteiger partial charge < -0.3 is 19.5 Å². The van der Waals surface area contributed by atoms with Crippen LogP contribution in [0, 0.1) is 0 Å². The van der Waals surface area contributed by atoms with E-state index in [0.717, 1.165) is 0 Å². The molecule has 188 valence electrons. The first-order valence-electron chi connectivity index (χ1n) is 11.1. The standard InChI is InChI=1S/C26H25Br2N3O5/c1-3-34-22-11-10-18(14-23(22)35-4-2)26(33)31-29-15-17-12-20(27)25(21(28)13-17)36-16-24(32)30-19-8-6-5-7-9-19/h5-15H,3-4,16H2,1-2H3,(H,30,32)(H,31,33)/b29-15+. The van der Waals surface area contributed by atoms with Gasteiger partial charge in [-0.25, -0.2) is 5.43 Å². The quantitative estimate of drug-likeness (QED) is 0.209. The Morgan fingerprint density at radius 1 is 0.889 bits per heavy atom. The number of benzene rings is 3. The first kappa shape index (κ1) is 27.2. The maximum absolute atomic E-state index is 12.5. The summed E-state index contributed by atoms with van der Waals surface area (Å²) in [5.74, 6) is 0.871. The lowest BCUT2D eigenvalue weighted by Gasteiger charge is -2.12. The van der Waals surface area contributed by atoms with E-state index in [1.165, 1.54) is 6.21 Å². The van der Waals surface area contributed by atoms with Gasteiger partial charge in [-0.1, -0.05) is 18.2 Å². The summed E-state index contributed by atoms with van der Waals surface area (Å²) < 4.78 is 18.0. The van der Waals surface area contributed by atoms with E-state index in [2.05, 4.69) is 47.7 Å². The van der Waals surface area contributed by atoms with Crippen LogP contribution in [0.25, 0.3) is 0 Å². The number of ether oxygens (including phenoxy) is 3. The number of carbonyl (C=O) groups is 2. The fraction of sp³-hybridized carbons (Fsp3) is 0.192. The number of rotatable bonds is 11. The highest BCUT2D eigenvalue weighted by atomic mass is 79.9. The zero-order valence-electron chi connectivity index (χ0n) is 19.7. The molecule has 3 aromatic rings. The molecule has 0 aromatic heterocycles. The number of hydrazone groups is 1. The Kier molecular flexibility index (Phi) is 10.3. The van der Waals surface area contributed by atoms with Crippen LogP contribution in [0.4, 0.5) is 5.69 Å². The Morgan fingerprint density at radius 3 is 2.22 bits per heavy atom. The molecule has 36 heavy (non-hydrogen) atoms. The molecule has 0 saturated carbocycles. The van der Waals surface area contributed by atoms with Gasteiger partial charge in [0, 0.05) is 11.3 Å². The van der Waals surface area contributed by atoms with Gasteiger partial charge in [0.2, 0.25) is 0 Å². The number of nitrogens with zero attached hydrogens (tertiary/aromatic N) is 1. The van der Waals surface area contributed by atoms with Gasteiger partial charge >= 0.3 is 0 Å². The van der Waals surface area contributed by atoms with E-state index in [-0.39, 0.29) is 12.5 Å². The third kappa shape index (κ3) is 7.82. The highest BCUT2D eigenvalue weighted by Gasteiger charge is 2.13. The third-order valence-corrected chi connectivity index (χ3v) is 5.79. The van der Waals surface area contributed by atoms with Gasteiger partial charge in [-0.15, -0.1) is 0 Å². The SMILES string of the molecule is CCOc1ccc(C(=O)N/N=C/c2cc(Br)c(OCC(=O)Nc3ccccc3)c(Br)c2)cc1OCC. The minimum absolute atomic E-state index is 0.165. The fourth-order valence-electron chi connectivity index (χ4n) is 3.07. The molecule has 0 spiro atoms. The number of amides is 2. The van der Waals surface area contributed by atoms with Crippen LogP contribution in [0.5, 0.6) is 17.2 Å². The van der Waals surface area contributed by atoms with E-state index in [4.69, 9.17) is 14.2 Å². The lowest BCUT2D eigenvalue weighted by molar-refractivity contribution is -0.118. The maximum atomic E-state index is 12.5. The van der Waals surface area contributed by atoms with E-state index >= 15 is 0 Å². The van der Waals surface area contributed by atoms with E-state index in [1.54, 1.807) is 42.5 Å². The lowest BCUT2D eigenvalue weighted by Crippen LogP contribution is -2.20. The summed E-state index contributed by atoms with van der Waals surface area (Å²) in [6.07, 6.45) is 1.50. The highest BCUT2D eigenvalue weighted by Crippen LogP contribution is 2.34. The Balaban J connectivity index is 1.60. The predicted molar refractivity (Wildman–Crippen MR) is 146 cm³/mol. The molecule has 10 heteroatoms. The van der Waals surface area contributed by atoms with Crippen molar-refractivity contribution in [1.29, 1.82) is 0 Å². The van der Waals surface area contributed by atoms with E-state index < -0.39 is 5.91 Å². The molecule has 0 aliphatic carbocycles. The molecule has 2 N–H and O–H groups in total. The summed E-state index contributed by atoms with van der Waals surface area (Å²) in [5.41, 5.74) is 4.28. The minimum Gasteiger partial charge on any atom is -0.490 e. The average Bonchev–Trinajstić information content (AvgIpc) is 2.85. The van der Waals surface area contributed by atoms with Crippen LogP contribution in [0.3, 0.4) is 0 Å². The molecule has 0 aliphatic heterocycles. The van der Waals surface area contributed by atoms with Crippen LogP contribution >= 0.6 is 31.9 Å². The molecule has 0 aliphatic rings. The molecular formula is C26H25Br2N3O5. The number of anilines is 1. The Labute approximate surface area is 226 Å². The lowest BCUT2D eigenvalue weighted by atomic mass is 10.2. The molecule has 3 aromatic carbocycles. The summed E-state index contributed by atoms with van der Waals surface area (Å²) >= 11 is 6.91. The van der Waals surface area contributed by atoms with E-state index in [9.17, 15) is 9.59 Å². The number of carbonyl (C=O) groups excluding carboxylic acids is 2. The second-order valence-electron chi connectivity index (χ2n) is 7.24. The van der Waals surface area contributed by atoms with Crippen molar-refractivity contribution < 1.29 is 23.8 Å². The van der Waals surface area contributed by atoms with Crippen molar-refractivity contribution in [2.45, 2.75) is 13.8 Å². The molecule has 0 atom stereocenters. The number of halogens is 2. The first-order valence-corrected chi connectivity index (χ1v) is 12.7. The summed E-state index contributed by atoms with van der Waals surface area (Å²) in [6, 6.07) is 17.6. The molecule has 3 rings (SSSR count). The van der Waals surface area contributed by atoms with Crippen LogP contribution in [0.15, 0.2) is 74.7 Å². The Bertz CT molecular complexity index is 1210. The molecule has 0 unspecified atom stereocenters. The van der Waals surface area contributed by atoms with Crippen LogP contribution in [0.1, 0.15) is 29.8 Å². The van der Waals surface area contributed by atoms with Crippen molar-refractivity contribution in [1.82, 2.24) is 5.43 Å². The smallest absolute Gasteiger partial charge is 0.271 e. The van der Waals surface area contributed by atoms with Gasteiger partial charge in [-0.05, 0) is 93.7 Å². The number of hydrogen-bond acceptors (Lipinski definition) is 6. The molecule has 8 nitrogen and oxygen atoms in total. The van der Waals surface area contributed by atoms with E-state index in [1.807, 2.05) is 32.0 Å². The van der Waals surface area contributed by atoms with Crippen LogP contribution in [-0.2, 0) is 4.79 Å². The van der Waals surface area contributed by atoms with Gasteiger partial charge in [0.1, 0.15) is 5.75 Å². The monoisotopic (exact) mass is 617 g/mol. The van der Waals surface area contributed by atoms with Crippen molar-refractivity contribution >= 4 is 55.6 Å². The summed E-state index contributed by atoms with van der Waals surface area (Å²) in [6.45, 7) is 4.51. The maximum Gasteiger partial charge on any atom is 0.271 e. The van der Waals surface area contributed by atoms with Gasteiger partial charge in [-0.2, -0.15) is 5.10 Å². The minimum atomic E-state index is -0.391. The number of nitrogens with one attached hydrogen (secondary N) is 2. The van der Waals surface area contributed by atoms with Crippen molar-refractivity contribution in [2.24, 2.45) is 5.10 Å². The van der Waals surface area contributed by atoms with Crippen molar-refractivity contribution in [3.05, 3.63) is 80.7 Å². The molecular weight excluding hydrogens is 594 g/mol. The molecule has 0 radical (unpaired) electrons. The van der Waals surface area contributed by atoms with Crippen molar-refractivity contribution in [3.8, 4) is 17.2 Å². The van der Waals surface area contributed by atoms with Crippen molar-refractivity contribution in [2.75, 3.05) is 25.1 Å². The number of para-hydroxylation sites is 1. The Morgan fingerprint density at radius 2 is 1.56 bits per heavy atom. The summed E-state index contributed by atoms with van der Waals surface area (Å²) in [4.78, 5) is 24.7. The summed E-state index contributed by atoms with van der Waals surface area (Å²) in [5, 5.41) is 6.81. The zero-order valence-corrected chi connectivity index (χ0v) is 22.9. The highest BCUT2D eigenvalue weighted by molar-refractivity contribution is 9.11.